The molecule has 2 aromatic rings. The van der Waals surface area contributed by atoms with E-state index in [1.165, 1.54) is 0 Å². The summed E-state index contributed by atoms with van der Waals surface area (Å²) in [7, 11) is 0. The van der Waals surface area contributed by atoms with Crippen molar-refractivity contribution >= 4 is 50.9 Å². The molecule has 7 heteroatoms. The number of benzene rings is 1. The van der Waals surface area contributed by atoms with Crippen LogP contribution in [0.2, 0.25) is 0 Å². The number of aromatic nitrogens is 1. The number of Topliss-reactive ketones (excluding diaryl/α,β-unsaturated/α-hetero) is 1. The van der Waals surface area contributed by atoms with E-state index in [0.717, 1.165) is 34.3 Å². The lowest BCUT2D eigenvalue weighted by molar-refractivity contribution is -0.137. The van der Waals surface area contributed by atoms with Gasteiger partial charge < -0.3 is 15.4 Å². The van der Waals surface area contributed by atoms with Crippen LogP contribution in [0.15, 0.2) is 22.7 Å². The number of halogens is 1. The predicted molar refractivity (Wildman–Crippen MR) is 105 cm³/mol. The highest BCUT2D eigenvalue weighted by molar-refractivity contribution is 9.10. The fraction of sp³-hybridized carbons (Fsp3) is 0.250. The Kier molecular flexibility index (Phi) is 4.47. The van der Waals surface area contributed by atoms with Crippen molar-refractivity contribution in [2.45, 2.75) is 32.1 Å². The van der Waals surface area contributed by atoms with Gasteiger partial charge in [0, 0.05) is 45.5 Å². The first kappa shape index (κ1) is 17.7. The molecule has 0 atom stereocenters. The molecule has 0 unspecified atom stereocenters. The Hall–Kier alpha value is -2.67. The Bertz CT molecular complexity index is 1020. The van der Waals surface area contributed by atoms with Gasteiger partial charge in [-0.1, -0.05) is 15.9 Å². The highest BCUT2D eigenvalue weighted by Gasteiger charge is 2.28. The van der Waals surface area contributed by atoms with Crippen LogP contribution in [0.3, 0.4) is 0 Å². The van der Waals surface area contributed by atoms with Crippen molar-refractivity contribution in [1.29, 1.82) is 0 Å². The fourth-order valence-electron chi connectivity index (χ4n) is 3.75. The van der Waals surface area contributed by atoms with E-state index in [2.05, 4.69) is 26.2 Å². The number of anilines is 1. The molecule has 27 heavy (non-hydrogen) atoms. The molecule has 138 valence electrons. The molecule has 1 aromatic heterocycles. The molecule has 3 N–H and O–H groups in total. The average molecular weight is 429 g/mol. The normalized spacial score (nSPS) is 17.0. The molecule has 0 fully saturated rings. The number of rotatable bonds is 4. The van der Waals surface area contributed by atoms with Gasteiger partial charge >= 0.3 is 5.97 Å². The topological polar surface area (TPSA) is 99.3 Å². The smallest absolute Gasteiger partial charge is 0.303 e. The van der Waals surface area contributed by atoms with Crippen LogP contribution in [0.1, 0.15) is 52.1 Å². The summed E-state index contributed by atoms with van der Waals surface area (Å²) >= 11 is 3.42. The van der Waals surface area contributed by atoms with Crippen LogP contribution < -0.4 is 5.32 Å². The third-order valence-corrected chi connectivity index (χ3v) is 5.46. The average Bonchev–Trinajstić information content (AvgIpc) is 3.12. The SMILES string of the molecule is O=C(O)CCc1c(/C=C2\C(=O)Nc3ccc(Br)cc32)[nH]c2c1C(=O)CCC2. The van der Waals surface area contributed by atoms with Crippen LogP contribution in [0, 0.1) is 0 Å². The van der Waals surface area contributed by atoms with Crippen molar-refractivity contribution < 1.29 is 19.5 Å². The Morgan fingerprint density at radius 3 is 2.85 bits per heavy atom. The first-order valence-corrected chi connectivity index (χ1v) is 9.55. The standard InChI is InChI=1S/C20H17BrN2O4/c21-10-4-6-14-12(8-10)13(20(27)23-14)9-16-11(5-7-18(25)26)19-15(22-16)2-1-3-17(19)24/h4,6,8-9,22H,1-3,5,7H2,(H,23,27)(H,25,26)/b13-9-. The third kappa shape index (κ3) is 3.23. The summed E-state index contributed by atoms with van der Waals surface area (Å²) < 4.78 is 0.857. The zero-order valence-electron chi connectivity index (χ0n) is 14.4. The van der Waals surface area contributed by atoms with Crippen molar-refractivity contribution in [3.05, 3.63) is 50.8 Å². The number of aryl methyl sites for hydroxylation is 1. The third-order valence-electron chi connectivity index (χ3n) is 4.97. The summed E-state index contributed by atoms with van der Waals surface area (Å²) in [5.41, 5.74) is 4.80. The molecule has 1 amide bonds. The summed E-state index contributed by atoms with van der Waals surface area (Å²) in [5.74, 6) is -1.09. The van der Waals surface area contributed by atoms with Gasteiger partial charge in [-0.3, -0.25) is 14.4 Å². The van der Waals surface area contributed by atoms with Crippen molar-refractivity contribution in [2.75, 3.05) is 5.32 Å². The van der Waals surface area contributed by atoms with E-state index in [9.17, 15) is 14.4 Å². The number of nitrogens with one attached hydrogen (secondary N) is 2. The minimum absolute atomic E-state index is 0.0385. The second-order valence-electron chi connectivity index (χ2n) is 6.74. The number of amides is 1. The van der Waals surface area contributed by atoms with E-state index in [4.69, 9.17) is 5.11 Å². The van der Waals surface area contributed by atoms with Gasteiger partial charge in [-0.05, 0) is 49.1 Å². The second-order valence-corrected chi connectivity index (χ2v) is 7.66. The van der Waals surface area contributed by atoms with Gasteiger partial charge in [0.2, 0.25) is 0 Å². The molecule has 2 heterocycles. The molecule has 1 aromatic carbocycles. The summed E-state index contributed by atoms with van der Waals surface area (Å²) in [6.45, 7) is 0. The molecule has 2 aliphatic rings. The number of hydrogen-bond acceptors (Lipinski definition) is 3. The molecule has 0 spiro atoms. The Balaban J connectivity index is 1.84. The monoisotopic (exact) mass is 428 g/mol. The number of carboxylic acids is 1. The number of aromatic amines is 1. The maximum atomic E-state index is 12.5. The number of carbonyl (C=O) groups is 3. The van der Waals surface area contributed by atoms with Gasteiger partial charge in [0.25, 0.3) is 5.91 Å². The number of aliphatic carboxylic acids is 1. The molecular formula is C20H17BrN2O4. The number of carbonyl (C=O) groups excluding carboxylic acids is 2. The fourth-order valence-corrected chi connectivity index (χ4v) is 4.12. The molecule has 1 aliphatic heterocycles. The van der Waals surface area contributed by atoms with Crippen LogP contribution in [-0.4, -0.2) is 27.8 Å². The van der Waals surface area contributed by atoms with Crippen LogP contribution in [0.25, 0.3) is 11.6 Å². The summed E-state index contributed by atoms with van der Waals surface area (Å²) in [4.78, 5) is 39.2. The zero-order chi connectivity index (χ0) is 19.1. The van der Waals surface area contributed by atoms with E-state index < -0.39 is 5.97 Å². The van der Waals surface area contributed by atoms with Crippen LogP contribution >= 0.6 is 15.9 Å². The first-order chi connectivity index (χ1) is 12.9. The maximum absolute atomic E-state index is 12.5. The predicted octanol–water partition coefficient (Wildman–Crippen LogP) is 3.81. The van der Waals surface area contributed by atoms with Gasteiger partial charge in [-0.25, -0.2) is 0 Å². The number of carboxylic acid groups (broad SMARTS) is 1. The van der Waals surface area contributed by atoms with Gasteiger partial charge in [-0.15, -0.1) is 0 Å². The molecule has 0 bridgehead atoms. The van der Waals surface area contributed by atoms with Crippen molar-refractivity contribution in [3.63, 3.8) is 0 Å². The van der Waals surface area contributed by atoms with E-state index in [-0.39, 0.29) is 24.5 Å². The van der Waals surface area contributed by atoms with Gasteiger partial charge in [0.05, 0.1) is 5.57 Å². The number of H-pyrrole nitrogens is 1. The molecular weight excluding hydrogens is 412 g/mol. The van der Waals surface area contributed by atoms with Gasteiger partial charge in [0.15, 0.2) is 5.78 Å². The minimum Gasteiger partial charge on any atom is -0.481 e. The second kappa shape index (κ2) is 6.81. The van der Waals surface area contributed by atoms with Crippen molar-refractivity contribution in [3.8, 4) is 0 Å². The van der Waals surface area contributed by atoms with Crippen LogP contribution in [0.5, 0.6) is 0 Å². The van der Waals surface area contributed by atoms with E-state index in [1.54, 1.807) is 6.08 Å². The Labute approximate surface area is 163 Å². The lowest BCUT2D eigenvalue weighted by atomic mass is 9.91. The quantitative estimate of drug-likeness (QED) is 0.644. The summed E-state index contributed by atoms with van der Waals surface area (Å²) in [5, 5.41) is 11.9. The number of ketones is 1. The van der Waals surface area contributed by atoms with Gasteiger partial charge in [0.1, 0.15) is 0 Å². The largest absolute Gasteiger partial charge is 0.481 e. The van der Waals surface area contributed by atoms with E-state index >= 15 is 0 Å². The Morgan fingerprint density at radius 1 is 1.26 bits per heavy atom. The molecule has 0 saturated heterocycles. The highest BCUT2D eigenvalue weighted by Crippen LogP contribution is 2.37. The molecule has 6 nitrogen and oxygen atoms in total. The highest BCUT2D eigenvalue weighted by atomic mass is 79.9. The first-order valence-electron chi connectivity index (χ1n) is 8.75. The zero-order valence-corrected chi connectivity index (χ0v) is 16.0. The summed E-state index contributed by atoms with van der Waals surface area (Å²) in [6.07, 6.45) is 3.91. The number of fused-ring (bicyclic) bond motifs is 2. The van der Waals surface area contributed by atoms with E-state index in [0.29, 0.717) is 28.8 Å². The Morgan fingerprint density at radius 2 is 2.07 bits per heavy atom. The van der Waals surface area contributed by atoms with Crippen molar-refractivity contribution in [2.24, 2.45) is 0 Å². The van der Waals surface area contributed by atoms with Crippen LogP contribution in [0.4, 0.5) is 5.69 Å². The molecule has 1 aliphatic carbocycles. The lowest BCUT2D eigenvalue weighted by Crippen LogP contribution is -2.11. The molecule has 0 radical (unpaired) electrons. The van der Waals surface area contributed by atoms with Crippen molar-refractivity contribution in [1.82, 2.24) is 4.98 Å². The number of hydrogen-bond donors (Lipinski definition) is 3. The minimum atomic E-state index is -0.917. The molecule has 4 rings (SSSR count). The van der Waals surface area contributed by atoms with E-state index in [1.807, 2.05) is 18.2 Å². The van der Waals surface area contributed by atoms with Crippen LogP contribution in [-0.2, 0) is 22.4 Å². The van der Waals surface area contributed by atoms with Gasteiger partial charge in [-0.2, -0.15) is 0 Å². The lowest BCUT2D eigenvalue weighted by Gasteiger charge is -2.11. The summed E-state index contributed by atoms with van der Waals surface area (Å²) in [6, 6.07) is 5.54. The molecule has 0 saturated carbocycles. The maximum Gasteiger partial charge on any atom is 0.303 e.